The molecular formula is C54H63F3N8O6. The Morgan fingerprint density at radius 2 is 1.56 bits per heavy atom. The minimum atomic E-state index is -4.69. The highest BCUT2D eigenvalue weighted by Crippen LogP contribution is 2.36. The van der Waals surface area contributed by atoms with Crippen LogP contribution in [0.4, 0.5) is 24.5 Å². The summed E-state index contributed by atoms with van der Waals surface area (Å²) >= 11 is 0. The molecule has 7 rings (SSSR count). The molecule has 1 aliphatic carbocycles. The molecule has 2 amide bonds. The van der Waals surface area contributed by atoms with Gasteiger partial charge in [0.15, 0.2) is 0 Å². The number of aliphatic hydroxyl groups is 1. The van der Waals surface area contributed by atoms with Gasteiger partial charge in [0.25, 0.3) is 17.4 Å². The summed E-state index contributed by atoms with van der Waals surface area (Å²) in [6, 6.07) is 19.1. The zero-order chi connectivity index (χ0) is 50.5. The van der Waals surface area contributed by atoms with E-state index in [4.69, 9.17) is 9.84 Å². The van der Waals surface area contributed by atoms with Gasteiger partial charge in [-0.25, -0.2) is 4.98 Å². The molecule has 1 saturated carbocycles. The van der Waals surface area contributed by atoms with Crippen LogP contribution in [0.1, 0.15) is 135 Å². The molecule has 0 aliphatic heterocycles. The highest BCUT2D eigenvalue weighted by atomic mass is 19.4. The first-order valence-corrected chi connectivity index (χ1v) is 24.6. The number of aryl methyl sites for hydroxylation is 1. The molecule has 0 atom stereocenters. The molecule has 1 fully saturated rings. The first kappa shape index (κ1) is 52.1. The van der Waals surface area contributed by atoms with Crippen molar-refractivity contribution in [1.29, 1.82) is 0 Å². The lowest BCUT2D eigenvalue weighted by Crippen LogP contribution is -2.28. The van der Waals surface area contributed by atoms with E-state index < -0.39 is 29.3 Å². The Morgan fingerprint density at radius 1 is 0.817 bits per heavy atom. The Balaban J connectivity index is 0.773. The number of carbonyl (C=O) groups is 3. The minimum Gasteiger partial charge on any atom is -0.465 e. The van der Waals surface area contributed by atoms with Crippen LogP contribution in [-0.4, -0.2) is 66.9 Å². The number of nitrogens with one attached hydrogen (secondary N) is 3. The van der Waals surface area contributed by atoms with Crippen LogP contribution in [0.3, 0.4) is 0 Å². The highest BCUT2D eigenvalue weighted by molar-refractivity contribution is 6.05. The van der Waals surface area contributed by atoms with Gasteiger partial charge < -0.3 is 30.4 Å². The second-order valence-electron chi connectivity index (χ2n) is 18.9. The molecule has 4 N–H and O–H groups in total. The highest BCUT2D eigenvalue weighted by Gasteiger charge is 2.33. The molecular weight excluding hydrogens is 914 g/mol. The second-order valence-corrected chi connectivity index (χ2v) is 18.9. The fraction of sp³-hybridized carbons (Fsp3) is 0.426. The average molecular weight is 977 g/mol. The second kappa shape index (κ2) is 23.9. The zero-order valence-corrected chi connectivity index (χ0v) is 40.6. The summed E-state index contributed by atoms with van der Waals surface area (Å²) in [5.74, 6) is -1.10. The largest absolute Gasteiger partial charge is 0.465 e. The predicted molar refractivity (Wildman–Crippen MR) is 267 cm³/mol. The van der Waals surface area contributed by atoms with Crippen molar-refractivity contribution in [2.45, 2.75) is 122 Å². The first-order valence-electron chi connectivity index (χ1n) is 24.6. The van der Waals surface area contributed by atoms with Crippen LogP contribution in [0.2, 0.25) is 0 Å². The third-order valence-corrected chi connectivity index (χ3v) is 12.9. The number of hydrogen-bond donors (Lipinski definition) is 4. The molecule has 0 bridgehead atoms. The maximum atomic E-state index is 13.3. The number of ether oxygens (including phenoxy) is 1. The number of carbonyl (C=O) groups excluding carboxylic acids is 3. The van der Waals surface area contributed by atoms with Gasteiger partial charge in [0.2, 0.25) is 0 Å². The molecule has 376 valence electrons. The number of nitrogens with zero attached hydrogens (tertiary/aromatic N) is 5. The molecule has 0 spiro atoms. The van der Waals surface area contributed by atoms with Crippen LogP contribution in [-0.2, 0) is 34.3 Å². The summed E-state index contributed by atoms with van der Waals surface area (Å²) < 4.78 is 47.9. The standard InChI is InChI=1S/C54H63F3N8O6/c1-4-71-50(67)35-64-34-42(21-24-49(64)66)60-51(68)39-16-12-15-38(27-39)40-26-37(31-59-32-40)14-10-8-6-5-7-9-11-25-58-30-36-19-22-43(23-20-36)65-33-41-28-47(44(53(2,3)70)29-46(41)63-65)62-52(69)45-17-13-18-48(61-45)54(55,56)57/h12-13,15-18,21,24,26-29,31-34,36,43,58,70H,4-11,14,19-20,22-23,25,30,35H2,1-3H3,(H,60,68)(H,62,69). The van der Waals surface area contributed by atoms with Gasteiger partial charge in [0.05, 0.1) is 29.5 Å². The third kappa shape index (κ3) is 14.7. The topological polar surface area (TPSA) is 182 Å². The van der Waals surface area contributed by atoms with Gasteiger partial charge >= 0.3 is 12.1 Å². The molecule has 0 unspecified atom stereocenters. The maximum Gasteiger partial charge on any atom is 0.433 e. The lowest BCUT2D eigenvalue weighted by Gasteiger charge is -2.28. The fourth-order valence-electron chi connectivity index (χ4n) is 9.08. The Kier molecular flexibility index (Phi) is 17.6. The third-order valence-electron chi connectivity index (χ3n) is 12.9. The van der Waals surface area contributed by atoms with E-state index in [-0.39, 0.29) is 42.0 Å². The monoisotopic (exact) mass is 976 g/mol. The number of hydrogen-bond acceptors (Lipinski definition) is 10. The maximum absolute atomic E-state index is 13.3. The van der Waals surface area contributed by atoms with Gasteiger partial charge in [-0.2, -0.15) is 18.3 Å². The predicted octanol–water partition coefficient (Wildman–Crippen LogP) is 10.3. The van der Waals surface area contributed by atoms with E-state index in [0.29, 0.717) is 28.2 Å². The van der Waals surface area contributed by atoms with Crippen molar-refractivity contribution >= 4 is 40.1 Å². The summed E-state index contributed by atoms with van der Waals surface area (Å²) in [6.45, 7) is 6.80. The Labute approximate surface area is 411 Å². The number of anilines is 2. The summed E-state index contributed by atoms with van der Waals surface area (Å²) in [5.41, 5.74) is 1.83. The number of amides is 2. The molecule has 71 heavy (non-hydrogen) atoms. The Hall–Kier alpha value is -6.72. The normalized spacial score (nSPS) is 15.1. The number of alkyl halides is 3. The van der Waals surface area contributed by atoms with Crippen LogP contribution < -0.4 is 21.5 Å². The smallest absolute Gasteiger partial charge is 0.433 e. The van der Waals surface area contributed by atoms with Crippen LogP contribution in [0.25, 0.3) is 22.0 Å². The average Bonchev–Trinajstić information content (AvgIpc) is 3.77. The van der Waals surface area contributed by atoms with Crippen molar-refractivity contribution < 1.29 is 37.4 Å². The summed E-state index contributed by atoms with van der Waals surface area (Å²) in [7, 11) is 0. The van der Waals surface area contributed by atoms with Crippen LogP contribution in [0.15, 0.2) is 102 Å². The number of esters is 1. The summed E-state index contributed by atoms with van der Waals surface area (Å²) in [5, 5.41) is 25.7. The summed E-state index contributed by atoms with van der Waals surface area (Å²) in [4.78, 5) is 58.4. The number of aromatic nitrogens is 5. The Morgan fingerprint density at radius 3 is 2.31 bits per heavy atom. The number of pyridine rings is 3. The van der Waals surface area contributed by atoms with Crippen molar-refractivity contribution in [2.24, 2.45) is 5.92 Å². The lowest BCUT2D eigenvalue weighted by atomic mass is 9.86. The lowest BCUT2D eigenvalue weighted by molar-refractivity contribution is -0.144. The van der Waals surface area contributed by atoms with Crippen molar-refractivity contribution in [2.75, 3.05) is 30.3 Å². The van der Waals surface area contributed by atoms with Crippen molar-refractivity contribution in [3.8, 4) is 11.1 Å². The zero-order valence-electron chi connectivity index (χ0n) is 40.6. The van der Waals surface area contributed by atoms with Crippen molar-refractivity contribution in [3.05, 3.63) is 136 Å². The molecule has 1 aliphatic rings. The van der Waals surface area contributed by atoms with Crippen molar-refractivity contribution in [1.82, 2.24) is 29.6 Å². The molecule has 4 heterocycles. The summed E-state index contributed by atoms with van der Waals surface area (Å²) in [6.07, 6.45) is 15.6. The quantitative estimate of drug-likeness (QED) is 0.0377. The van der Waals surface area contributed by atoms with Gasteiger partial charge in [-0.1, -0.05) is 50.3 Å². The molecule has 6 aromatic rings. The number of rotatable bonds is 22. The Bertz CT molecular complexity index is 2850. The van der Waals surface area contributed by atoms with Crippen LogP contribution >= 0.6 is 0 Å². The van der Waals surface area contributed by atoms with E-state index >= 15 is 0 Å². The van der Waals surface area contributed by atoms with Gasteiger partial charge in [-0.05, 0) is 144 Å². The van der Waals surface area contributed by atoms with E-state index in [1.54, 1.807) is 45.2 Å². The molecule has 14 nitrogen and oxygen atoms in total. The van der Waals surface area contributed by atoms with E-state index in [1.165, 1.54) is 54.6 Å². The molecule has 0 radical (unpaired) electrons. The number of halogens is 3. The minimum absolute atomic E-state index is 0.208. The van der Waals surface area contributed by atoms with E-state index in [1.807, 2.05) is 35.3 Å². The SMILES string of the molecule is CCOC(=O)Cn1cc(NC(=O)c2cccc(-c3cncc(CCCCCCCCCNCC4CCC(n5cc6cc(NC(=O)c7cccc(C(F)(F)F)n7)c(C(C)(C)O)cc6n5)CC4)c3)c2)ccc1=O. The van der Waals surface area contributed by atoms with Gasteiger partial charge in [0.1, 0.15) is 17.9 Å². The number of unbranched alkanes of at least 4 members (excludes halogenated alkanes) is 6. The van der Waals surface area contributed by atoms with E-state index in [2.05, 4.69) is 32.0 Å². The number of benzene rings is 2. The number of fused-ring (bicyclic) bond motifs is 1. The van der Waals surface area contributed by atoms with E-state index in [9.17, 15) is 37.5 Å². The van der Waals surface area contributed by atoms with Crippen molar-refractivity contribution in [3.63, 3.8) is 0 Å². The first-order chi connectivity index (χ1) is 34.0. The van der Waals surface area contributed by atoms with Gasteiger partial charge in [-0.15, -0.1) is 0 Å². The van der Waals surface area contributed by atoms with Crippen LogP contribution in [0, 0.1) is 5.92 Å². The molecule has 0 saturated heterocycles. The fourth-order valence-corrected chi connectivity index (χ4v) is 9.08. The van der Waals surface area contributed by atoms with Crippen LogP contribution in [0.5, 0.6) is 0 Å². The van der Waals surface area contributed by atoms with E-state index in [0.717, 1.165) is 98.7 Å². The molecule has 2 aromatic carbocycles. The van der Waals surface area contributed by atoms with Gasteiger partial charge in [0, 0.05) is 58.6 Å². The molecule has 17 heteroatoms. The van der Waals surface area contributed by atoms with Gasteiger partial charge in [-0.3, -0.25) is 28.8 Å². The molecule has 4 aromatic heterocycles.